The fourth-order valence-corrected chi connectivity index (χ4v) is 3.53. The molecule has 0 saturated carbocycles. The van der Waals surface area contributed by atoms with Crippen molar-refractivity contribution in [2.24, 2.45) is 0 Å². The van der Waals surface area contributed by atoms with E-state index in [-0.39, 0.29) is 29.3 Å². The van der Waals surface area contributed by atoms with Crippen LogP contribution in [0.1, 0.15) is 27.2 Å². The lowest BCUT2D eigenvalue weighted by molar-refractivity contribution is 0.0937. The summed E-state index contributed by atoms with van der Waals surface area (Å²) in [6.07, 6.45) is 0.496. The SMILES string of the molecule is Cc1ccc(C[C@H](CCl)NC(=O)c2cc(C)nnc2Oc2cccc(Cl)c2)c(Cl)c1. The molecule has 0 spiro atoms. The molecule has 8 heteroatoms. The summed E-state index contributed by atoms with van der Waals surface area (Å²) >= 11 is 18.5. The van der Waals surface area contributed by atoms with Crippen molar-refractivity contribution in [1.29, 1.82) is 0 Å². The van der Waals surface area contributed by atoms with Crippen molar-refractivity contribution in [3.63, 3.8) is 0 Å². The largest absolute Gasteiger partial charge is 0.437 e. The monoisotopic (exact) mass is 463 g/mol. The van der Waals surface area contributed by atoms with E-state index < -0.39 is 0 Å². The van der Waals surface area contributed by atoms with Crippen LogP contribution in [0.2, 0.25) is 10.0 Å². The molecule has 0 radical (unpaired) electrons. The smallest absolute Gasteiger partial charge is 0.257 e. The number of hydrogen-bond acceptors (Lipinski definition) is 4. The Morgan fingerprint density at radius 2 is 1.90 bits per heavy atom. The molecule has 30 heavy (non-hydrogen) atoms. The molecule has 0 aliphatic carbocycles. The van der Waals surface area contributed by atoms with Gasteiger partial charge in [-0.25, -0.2) is 0 Å². The second-order valence-corrected chi connectivity index (χ2v) is 8.04. The van der Waals surface area contributed by atoms with Crippen LogP contribution in [-0.2, 0) is 6.42 Å². The van der Waals surface area contributed by atoms with Crippen LogP contribution in [-0.4, -0.2) is 28.0 Å². The van der Waals surface area contributed by atoms with E-state index in [0.717, 1.165) is 11.1 Å². The van der Waals surface area contributed by atoms with Crippen LogP contribution in [0.5, 0.6) is 11.6 Å². The summed E-state index contributed by atoms with van der Waals surface area (Å²) in [5.41, 5.74) is 2.82. The molecule has 3 rings (SSSR count). The molecular weight excluding hydrogens is 445 g/mol. The molecule has 0 unspecified atom stereocenters. The number of carbonyl (C=O) groups excluding carboxylic acids is 1. The Morgan fingerprint density at radius 1 is 1.10 bits per heavy atom. The number of carbonyl (C=O) groups is 1. The highest BCUT2D eigenvalue weighted by atomic mass is 35.5. The second kappa shape index (κ2) is 10.1. The van der Waals surface area contributed by atoms with Crippen molar-refractivity contribution in [2.45, 2.75) is 26.3 Å². The highest BCUT2D eigenvalue weighted by Gasteiger charge is 2.20. The number of halogens is 3. The number of rotatable bonds is 7. The number of aryl methyl sites for hydroxylation is 2. The summed E-state index contributed by atoms with van der Waals surface area (Å²) in [7, 11) is 0. The van der Waals surface area contributed by atoms with E-state index in [1.165, 1.54) is 0 Å². The lowest BCUT2D eigenvalue weighted by Gasteiger charge is -2.18. The van der Waals surface area contributed by atoms with Crippen LogP contribution in [0.25, 0.3) is 0 Å². The first-order chi connectivity index (χ1) is 14.4. The van der Waals surface area contributed by atoms with Crippen molar-refractivity contribution >= 4 is 40.7 Å². The molecular formula is C22H20Cl3N3O2. The summed E-state index contributed by atoms with van der Waals surface area (Å²) in [5.74, 6) is 0.397. The summed E-state index contributed by atoms with van der Waals surface area (Å²) in [6.45, 7) is 3.72. The van der Waals surface area contributed by atoms with Crippen LogP contribution in [0.15, 0.2) is 48.5 Å². The third kappa shape index (κ3) is 5.85. The molecule has 156 valence electrons. The second-order valence-electron chi connectivity index (χ2n) is 6.89. The molecule has 0 fully saturated rings. The van der Waals surface area contributed by atoms with Crippen molar-refractivity contribution in [3.8, 4) is 11.6 Å². The molecule has 0 saturated heterocycles. The Hall–Kier alpha value is -2.34. The predicted molar refractivity (Wildman–Crippen MR) is 120 cm³/mol. The van der Waals surface area contributed by atoms with Gasteiger partial charge in [-0.15, -0.1) is 16.7 Å². The van der Waals surface area contributed by atoms with Crippen LogP contribution in [0.4, 0.5) is 0 Å². The first kappa shape index (κ1) is 22.3. The minimum absolute atomic E-state index is 0.0852. The Labute approximate surface area is 190 Å². The average Bonchev–Trinajstić information content (AvgIpc) is 2.70. The molecule has 1 heterocycles. The maximum atomic E-state index is 13.0. The van der Waals surface area contributed by atoms with Gasteiger partial charge in [0.05, 0.1) is 5.69 Å². The molecule has 1 N–H and O–H groups in total. The number of nitrogens with one attached hydrogen (secondary N) is 1. The minimum atomic E-state index is -0.362. The highest BCUT2D eigenvalue weighted by Crippen LogP contribution is 2.26. The average molecular weight is 465 g/mol. The molecule has 0 aliphatic rings. The Balaban J connectivity index is 1.80. The summed E-state index contributed by atoms with van der Waals surface area (Å²) in [5, 5.41) is 12.1. The normalized spacial score (nSPS) is 11.8. The number of aromatic nitrogens is 2. The van der Waals surface area contributed by atoms with E-state index in [4.69, 9.17) is 39.5 Å². The first-order valence-corrected chi connectivity index (χ1v) is 10.5. The van der Waals surface area contributed by atoms with Gasteiger partial charge in [-0.2, -0.15) is 5.10 Å². The predicted octanol–water partition coefficient (Wildman–Crippen LogP) is 5.77. The van der Waals surface area contributed by atoms with E-state index in [1.54, 1.807) is 37.3 Å². The third-order valence-corrected chi connectivity index (χ3v) is 5.29. The maximum Gasteiger partial charge on any atom is 0.257 e. The third-order valence-electron chi connectivity index (χ3n) is 4.33. The van der Waals surface area contributed by atoms with Gasteiger partial charge in [0.1, 0.15) is 11.3 Å². The number of benzene rings is 2. The van der Waals surface area contributed by atoms with E-state index in [9.17, 15) is 4.79 Å². The van der Waals surface area contributed by atoms with Crippen molar-refractivity contribution in [3.05, 3.63) is 81.0 Å². The Kier molecular flexibility index (Phi) is 7.53. The summed E-state index contributed by atoms with van der Waals surface area (Å²) < 4.78 is 5.76. The van der Waals surface area contributed by atoms with Gasteiger partial charge in [0.15, 0.2) is 0 Å². The molecule has 0 aliphatic heterocycles. The molecule has 5 nitrogen and oxygen atoms in total. The molecule has 1 aromatic heterocycles. The molecule has 1 amide bonds. The topological polar surface area (TPSA) is 64.1 Å². The van der Waals surface area contributed by atoms with E-state index in [2.05, 4.69) is 15.5 Å². The van der Waals surface area contributed by atoms with Crippen LogP contribution < -0.4 is 10.1 Å². The number of ether oxygens (including phenoxy) is 1. The highest BCUT2D eigenvalue weighted by molar-refractivity contribution is 6.31. The van der Waals surface area contributed by atoms with Crippen LogP contribution in [0.3, 0.4) is 0 Å². The van der Waals surface area contributed by atoms with Crippen molar-refractivity contribution < 1.29 is 9.53 Å². The van der Waals surface area contributed by atoms with E-state index in [1.807, 2.05) is 25.1 Å². The zero-order chi connectivity index (χ0) is 21.7. The van der Waals surface area contributed by atoms with Gasteiger partial charge in [-0.1, -0.05) is 41.4 Å². The zero-order valence-corrected chi connectivity index (χ0v) is 18.7. The molecule has 0 bridgehead atoms. The van der Waals surface area contributed by atoms with Gasteiger partial charge in [0.25, 0.3) is 11.8 Å². The van der Waals surface area contributed by atoms with Gasteiger partial charge >= 0.3 is 0 Å². The van der Waals surface area contributed by atoms with Crippen LogP contribution >= 0.6 is 34.8 Å². The van der Waals surface area contributed by atoms with Gasteiger partial charge < -0.3 is 10.1 Å². The van der Waals surface area contributed by atoms with Gasteiger partial charge in [-0.05, 0) is 61.7 Å². The summed E-state index contributed by atoms with van der Waals surface area (Å²) in [4.78, 5) is 13.0. The number of alkyl halides is 1. The lowest BCUT2D eigenvalue weighted by Crippen LogP contribution is -2.38. The minimum Gasteiger partial charge on any atom is -0.437 e. The molecule has 2 aromatic carbocycles. The van der Waals surface area contributed by atoms with Gasteiger partial charge in [-0.3, -0.25) is 4.79 Å². The Morgan fingerprint density at radius 3 is 2.60 bits per heavy atom. The number of amides is 1. The van der Waals surface area contributed by atoms with Gasteiger partial charge in [0, 0.05) is 22.0 Å². The molecule has 3 aromatic rings. The molecule has 1 atom stereocenters. The van der Waals surface area contributed by atoms with Crippen LogP contribution in [0, 0.1) is 13.8 Å². The fraction of sp³-hybridized carbons (Fsp3) is 0.227. The lowest BCUT2D eigenvalue weighted by atomic mass is 10.0. The van der Waals surface area contributed by atoms with E-state index in [0.29, 0.717) is 27.9 Å². The first-order valence-electron chi connectivity index (χ1n) is 9.25. The Bertz CT molecular complexity index is 1060. The maximum absolute atomic E-state index is 13.0. The standard InChI is InChI=1S/C22H20Cl3N3O2/c1-13-6-7-15(20(25)8-13)10-17(12-23)26-21(29)19-9-14(2)27-28-22(19)30-18-5-3-4-16(24)11-18/h3-9,11,17H,10,12H2,1-2H3,(H,26,29)/t17-/m1/s1. The number of hydrogen-bond donors (Lipinski definition) is 1. The zero-order valence-electron chi connectivity index (χ0n) is 16.5. The number of nitrogens with zero attached hydrogens (tertiary/aromatic N) is 2. The van der Waals surface area contributed by atoms with Crippen molar-refractivity contribution in [1.82, 2.24) is 15.5 Å². The van der Waals surface area contributed by atoms with E-state index >= 15 is 0 Å². The quantitative estimate of drug-likeness (QED) is 0.451. The van der Waals surface area contributed by atoms with Crippen molar-refractivity contribution in [2.75, 3.05) is 5.88 Å². The fourth-order valence-electron chi connectivity index (χ4n) is 2.85. The summed E-state index contributed by atoms with van der Waals surface area (Å²) in [6, 6.07) is 13.9. The van der Waals surface area contributed by atoms with Gasteiger partial charge in [0.2, 0.25) is 0 Å².